The first-order valence-corrected chi connectivity index (χ1v) is 13.1. The molecule has 6 heteroatoms. The van der Waals surface area contributed by atoms with Crippen molar-refractivity contribution < 1.29 is 19.1 Å². The van der Waals surface area contributed by atoms with E-state index in [2.05, 4.69) is 49.5 Å². The second kappa shape index (κ2) is 12.3. The SMILES string of the molecule is CCCCC(CC)COC(=O)CCN1C(=O)NC(=Cc2ccc(-c3ccc4ccccc4c3)cc2)C1=O. The van der Waals surface area contributed by atoms with Crippen LogP contribution in [-0.2, 0) is 14.3 Å². The average molecular weight is 499 g/mol. The maximum atomic E-state index is 12.8. The Morgan fingerprint density at radius 2 is 1.70 bits per heavy atom. The van der Waals surface area contributed by atoms with Crippen molar-refractivity contribution in [2.45, 2.75) is 46.0 Å². The normalized spacial score (nSPS) is 15.3. The third kappa shape index (κ3) is 6.64. The summed E-state index contributed by atoms with van der Waals surface area (Å²) in [5.41, 5.74) is 3.17. The molecule has 0 aliphatic carbocycles. The van der Waals surface area contributed by atoms with Crippen LogP contribution in [0.25, 0.3) is 28.0 Å². The van der Waals surface area contributed by atoms with Crippen molar-refractivity contribution in [3.05, 3.63) is 78.0 Å². The van der Waals surface area contributed by atoms with Crippen molar-refractivity contribution in [3.8, 4) is 11.1 Å². The molecule has 192 valence electrons. The highest BCUT2D eigenvalue weighted by Crippen LogP contribution is 2.25. The third-order valence-corrected chi connectivity index (χ3v) is 6.83. The Hall–Kier alpha value is -3.93. The van der Waals surface area contributed by atoms with E-state index in [1.807, 2.05) is 36.4 Å². The minimum absolute atomic E-state index is 0.00646. The van der Waals surface area contributed by atoms with E-state index in [0.717, 1.165) is 47.3 Å². The van der Waals surface area contributed by atoms with Gasteiger partial charge in [-0.25, -0.2) is 4.79 Å². The molecule has 3 aromatic rings. The minimum Gasteiger partial charge on any atom is -0.465 e. The smallest absolute Gasteiger partial charge is 0.329 e. The van der Waals surface area contributed by atoms with Gasteiger partial charge in [-0.1, -0.05) is 93.8 Å². The summed E-state index contributed by atoms with van der Waals surface area (Å²) < 4.78 is 5.39. The summed E-state index contributed by atoms with van der Waals surface area (Å²) in [4.78, 5) is 38.4. The number of amides is 3. The van der Waals surface area contributed by atoms with Crippen molar-refractivity contribution >= 4 is 34.8 Å². The first kappa shape index (κ1) is 26.1. The fourth-order valence-corrected chi connectivity index (χ4v) is 4.47. The van der Waals surface area contributed by atoms with Gasteiger partial charge in [0.15, 0.2) is 0 Å². The molecule has 0 saturated carbocycles. The van der Waals surface area contributed by atoms with Crippen molar-refractivity contribution in [3.63, 3.8) is 0 Å². The van der Waals surface area contributed by atoms with Crippen LogP contribution in [0.1, 0.15) is 51.5 Å². The van der Waals surface area contributed by atoms with E-state index in [4.69, 9.17) is 4.74 Å². The van der Waals surface area contributed by atoms with Crippen LogP contribution in [0.5, 0.6) is 0 Å². The zero-order chi connectivity index (χ0) is 26.2. The lowest BCUT2D eigenvalue weighted by molar-refractivity contribution is -0.145. The number of nitrogens with zero attached hydrogens (tertiary/aromatic N) is 1. The molecular weight excluding hydrogens is 464 g/mol. The fourth-order valence-electron chi connectivity index (χ4n) is 4.47. The van der Waals surface area contributed by atoms with Crippen LogP contribution in [0.4, 0.5) is 4.79 Å². The highest BCUT2D eigenvalue weighted by atomic mass is 16.5. The molecule has 1 aliphatic heterocycles. The van der Waals surface area contributed by atoms with Crippen molar-refractivity contribution in [1.82, 2.24) is 10.2 Å². The number of fused-ring (bicyclic) bond motifs is 1. The molecule has 1 atom stereocenters. The monoisotopic (exact) mass is 498 g/mol. The second-order valence-corrected chi connectivity index (χ2v) is 9.48. The number of esters is 1. The van der Waals surface area contributed by atoms with Gasteiger partial charge in [-0.05, 0) is 51.9 Å². The molecule has 1 heterocycles. The van der Waals surface area contributed by atoms with Gasteiger partial charge in [0.1, 0.15) is 5.70 Å². The Bertz CT molecular complexity index is 1300. The maximum absolute atomic E-state index is 12.8. The van der Waals surface area contributed by atoms with Gasteiger partial charge >= 0.3 is 12.0 Å². The summed E-state index contributed by atoms with van der Waals surface area (Å²) in [6, 6.07) is 21.9. The van der Waals surface area contributed by atoms with Gasteiger partial charge < -0.3 is 10.1 Å². The lowest BCUT2D eigenvalue weighted by Crippen LogP contribution is -2.33. The molecule has 0 aromatic heterocycles. The van der Waals surface area contributed by atoms with E-state index in [0.29, 0.717) is 12.5 Å². The lowest BCUT2D eigenvalue weighted by Gasteiger charge is -2.15. The highest BCUT2D eigenvalue weighted by molar-refractivity contribution is 6.14. The Morgan fingerprint density at radius 3 is 2.43 bits per heavy atom. The largest absolute Gasteiger partial charge is 0.465 e. The first-order valence-electron chi connectivity index (χ1n) is 13.1. The Kier molecular flexibility index (Phi) is 8.72. The average Bonchev–Trinajstić information content (AvgIpc) is 3.19. The predicted octanol–water partition coefficient (Wildman–Crippen LogP) is 6.55. The number of hydrogen-bond acceptors (Lipinski definition) is 4. The van der Waals surface area contributed by atoms with Crippen LogP contribution in [0.2, 0.25) is 0 Å². The molecule has 1 unspecified atom stereocenters. The Morgan fingerprint density at radius 1 is 0.973 bits per heavy atom. The van der Waals surface area contributed by atoms with E-state index in [9.17, 15) is 14.4 Å². The van der Waals surface area contributed by atoms with Gasteiger partial charge in [0, 0.05) is 6.54 Å². The van der Waals surface area contributed by atoms with Gasteiger partial charge in [0.25, 0.3) is 5.91 Å². The molecule has 0 radical (unpaired) electrons. The fraction of sp³-hybridized carbons (Fsp3) is 0.323. The van der Waals surface area contributed by atoms with Gasteiger partial charge in [-0.3, -0.25) is 14.5 Å². The molecule has 1 aliphatic rings. The molecule has 0 bridgehead atoms. The summed E-state index contributed by atoms with van der Waals surface area (Å²) in [5, 5.41) is 4.99. The molecule has 4 rings (SSSR count). The van der Waals surface area contributed by atoms with Gasteiger partial charge in [-0.15, -0.1) is 0 Å². The van der Waals surface area contributed by atoms with Crippen LogP contribution < -0.4 is 5.32 Å². The first-order chi connectivity index (χ1) is 18.0. The number of unbranched alkanes of at least 4 members (excludes halogenated alkanes) is 1. The summed E-state index contributed by atoms with van der Waals surface area (Å²) in [6.07, 6.45) is 5.85. The number of carbonyl (C=O) groups is 3. The van der Waals surface area contributed by atoms with Crippen LogP contribution in [0.15, 0.2) is 72.4 Å². The molecule has 3 amide bonds. The number of imide groups is 1. The predicted molar refractivity (Wildman–Crippen MR) is 146 cm³/mol. The van der Waals surface area contributed by atoms with E-state index < -0.39 is 17.9 Å². The van der Waals surface area contributed by atoms with E-state index in [1.165, 1.54) is 10.8 Å². The van der Waals surface area contributed by atoms with Gasteiger partial charge in [0.2, 0.25) is 0 Å². The van der Waals surface area contributed by atoms with E-state index >= 15 is 0 Å². The summed E-state index contributed by atoms with van der Waals surface area (Å²) in [7, 11) is 0. The topological polar surface area (TPSA) is 75.7 Å². The molecule has 6 nitrogen and oxygen atoms in total. The number of carbonyl (C=O) groups excluding carboxylic acids is 3. The van der Waals surface area contributed by atoms with Crippen LogP contribution in [0, 0.1) is 5.92 Å². The van der Waals surface area contributed by atoms with Crippen molar-refractivity contribution in [2.75, 3.05) is 13.2 Å². The number of nitrogens with one attached hydrogen (secondary N) is 1. The van der Waals surface area contributed by atoms with Gasteiger partial charge in [-0.2, -0.15) is 0 Å². The van der Waals surface area contributed by atoms with Gasteiger partial charge in [0.05, 0.1) is 13.0 Å². The lowest BCUT2D eigenvalue weighted by atomic mass is 10.00. The van der Waals surface area contributed by atoms with E-state index in [1.54, 1.807) is 6.08 Å². The molecule has 0 spiro atoms. The molecular formula is C31H34N2O4. The number of urea groups is 1. The standard InChI is InChI=1S/C31H34N2O4/c1-3-5-8-22(4-2)21-37-29(34)17-18-33-30(35)28(32-31(33)36)19-23-11-13-25(14-12-23)27-16-15-24-9-6-7-10-26(24)20-27/h6-7,9-16,19-20,22H,3-5,8,17-18,21H2,1-2H3,(H,32,36). The molecule has 1 saturated heterocycles. The number of rotatable bonds is 11. The Balaban J connectivity index is 1.34. The number of benzene rings is 3. The molecule has 37 heavy (non-hydrogen) atoms. The summed E-state index contributed by atoms with van der Waals surface area (Å²) >= 11 is 0. The van der Waals surface area contributed by atoms with Crippen LogP contribution >= 0.6 is 0 Å². The third-order valence-electron chi connectivity index (χ3n) is 6.83. The van der Waals surface area contributed by atoms with Crippen molar-refractivity contribution in [1.29, 1.82) is 0 Å². The van der Waals surface area contributed by atoms with Crippen LogP contribution in [-0.4, -0.2) is 36.0 Å². The quantitative estimate of drug-likeness (QED) is 0.185. The maximum Gasteiger partial charge on any atom is 0.329 e. The van der Waals surface area contributed by atoms with Crippen LogP contribution in [0.3, 0.4) is 0 Å². The zero-order valence-electron chi connectivity index (χ0n) is 21.5. The Labute approximate surface area is 218 Å². The molecule has 1 N–H and O–H groups in total. The summed E-state index contributed by atoms with van der Waals surface area (Å²) in [5.74, 6) is -0.481. The number of ether oxygens (including phenoxy) is 1. The zero-order valence-corrected chi connectivity index (χ0v) is 21.5. The second-order valence-electron chi connectivity index (χ2n) is 9.48. The minimum atomic E-state index is -0.522. The highest BCUT2D eigenvalue weighted by Gasteiger charge is 2.33. The molecule has 3 aromatic carbocycles. The van der Waals surface area contributed by atoms with Crippen molar-refractivity contribution in [2.24, 2.45) is 5.92 Å². The summed E-state index contributed by atoms with van der Waals surface area (Å²) in [6.45, 7) is 4.61. The molecule has 1 fully saturated rings. The number of hydrogen-bond donors (Lipinski definition) is 1. The van der Waals surface area contributed by atoms with E-state index in [-0.39, 0.29) is 18.7 Å².